The summed E-state index contributed by atoms with van der Waals surface area (Å²) in [6.45, 7) is 18.4. The Bertz CT molecular complexity index is 2300. The van der Waals surface area contributed by atoms with Crippen LogP contribution in [0.3, 0.4) is 0 Å². The lowest BCUT2D eigenvalue weighted by Gasteiger charge is -2.25. The molecule has 1 aliphatic heterocycles. The second-order valence-electron chi connectivity index (χ2n) is 15.6. The van der Waals surface area contributed by atoms with Gasteiger partial charge in [-0.15, -0.1) is 0 Å². The summed E-state index contributed by atoms with van der Waals surface area (Å²) < 4.78 is 0. The minimum atomic E-state index is -0.176. The van der Waals surface area contributed by atoms with Crippen molar-refractivity contribution in [2.24, 2.45) is 4.99 Å². The van der Waals surface area contributed by atoms with E-state index in [4.69, 9.17) is 19.9 Å². The normalized spacial score (nSPS) is 18.4. The maximum Gasteiger partial charge on any atom is 0.0937 e. The lowest BCUT2D eigenvalue weighted by atomic mass is 9.79. The van der Waals surface area contributed by atoms with Gasteiger partial charge in [0.25, 0.3) is 0 Å². The zero-order valence-corrected chi connectivity index (χ0v) is 28.6. The Hall–Kier alpha value is -4.70. The molecule has 0 bridgehead atoms. The number of pyridine rings is 3. The molecule has 0 fully saturated rings. The van der Waals surface area contributed by atoms with Gasteiger partial charge >= 0.3 is 0 Å². The third-order valence-corrected chi connectivity index (χ3v) is 11.8. The predicted molar refractivity (Wildman–Crippen MR) is 193 cm³/mol. The van der Waals surface area contributed by atoms with E-state index in [1.165, 1.54) is 66.8 Å². The largest absolute Gasteiger partial charge is 0.259 e. The number of aryl methyl sites for hydroxylation is 2. The minimum absolute atomic E-state index is 0.0239. The predicted octanol–water partition coefficient (Wildman–Crippen LogP) is 10.3. The third kappa shape index (κ3) is 3.70. The van der Waals surface area contributed by atoms with E-state index < -0.39 is 0 Å². The maximum absolute atomic E-state index is 5.32. The molecule has 5 aromatic rings. The molecule has 0 saturated carbocycles. The summed E-state index contributed by atoms with van der Waals surface area (Å²) in [5, 5.41) is 0. The van der Waals surface area contributed by atoms with Crippen LogP contribution in [0.15, 0.2) is 77.4 Å². The van der Waals surface area contributed by atoms with Crippen LogP contribution in [0.1, 0.15) is 99.0 Å². The number of rotatable bonds is 2. The molecule has 9 rings (SSSR count). The van der Waals surface area contributed by atoms with Crippen molar-refractivity contribution in [2.45, 2.75) is 84.5 Å². The Morgan fingerprint density at radius 2 is 1.11 bits per heavy atom. The summed E-state index contributed by atoms with van der Waals surface area (Å²) in [6.07, 6.45) is 6.01. The van der Waals surface area contributed by atoms with Crippen molar-refractivity contribution in [3.8, 4) is 45.0 Å². The molecule has 0 N–H and O–H groups in total. The SMILES string of the molecule is Cc1cc2c(cc1-c1ccc3c(n1)C1=C(CCC=N1)C3(C)C)C(C)(C)c1cc(-c3ccc4c(n3)-c3ncccc3C4(C)C)c(C)cc1-2. The van der Waals surface area contributed by atoms with Gasteiger partial charge in [0.05, 0.1) is 34.2 Å². The van der Waals surface area contributed by atoms with E-state index in [2.05, 4.69) is 116 Å². The highest BCUT2D eigenvalue weighted by atomic mass is 14.9. The first-order valence-corrected chi connectivity index (χ1v) is 17.0. The fraction of sp³-hybridized carbons (Fsp3) is 0.302. The molecule has 0 amide bonds. The van der Waals surface area contributed by atoms with Gasteiger partial charge in [0.2, 0.25) is 0 Å². The highest BCUT2D eigenvalue weighted by molar-refractivity contribution is 5.89. The first kappa shape index (κ1) is 28.5. The van der Waals surface area contributed by atoms with Gasteiger partial charge in [0, 0.05) is 39.8 Å². The van der Waals surface area contributed by atoms with Gasteiger partial charge in [0.1, 0.15) is 0 Å². The Kier molecular flexibility index (Phi) is 5.59. The van der Waals surface area contributed by atoms with Gasteiger partial charge < -0.3 is 0 Å². The molecule has 0 radical (unpaired) electrons. The van der Waals surface area contributed by atoms with Crippen LogP contribution < -0.4 is 0 Å². The van der Waals surface area contributed by atoms with Crippen LogP contribution in [0, 0.1) is 13.8 Å². The fourth-order valence-corrected chi connectivity index (χ4v) is 8.96. The molecule has 0 saturated heterocycles. The van der Waals surface area contributed by atoms with E-state index >= 15 is 0 Å². The number of fused-ring (bicyclic) bond motifs is 8. The average molecular weight is 613 g/mol. The van der Waals surface area contributed by atoms with Crippen molar-refractivity contribution in [1.29, 1.82) is 0 Å². The molecule has 2 aromatic carbocycles. The summed E-state index contributed by atoms with van der Waals surface area (Å²) in [5.41, 5.74) is 21.3. The second-order valence-corrected chi connectivity index (χ2v) is 15.6. The first-order chi connectivity index (χ1) is 22.4. The van der Waals surface area contributed by atoms with E-state index in [1.807, 2.05) is 12.3 Å². The van der Waals surface area contributed by atoms with Crippen LogP contribution in [0.5, 0.6) is 0 Å². The van der Waals surface area contributed by atoms with Crippen LogP contribution in [-0.4, -0.2) is 21.2 Å². The quantitative estimate of drug-likeness (QED) is 0.199. The summed E-state index contributed by atoms with van der Waals surface area (Å²) in [6, 6.07) is 22.8. The van der Waals surface area contributed by atoms with Gasteiger partial charge in [-0.05, 0) is 113 Å². The summed E-state index contributed by atoms with van der Waals surface area (Å²) in [4.78, 5) is 20.2. The molecule has 232 valence electrons. The molecule has 4 heteroatoms. The number of allylic oxidation sites excluding steroid dienone is 1. The van der Waals surface area contributed by atoms with E-state index in [0.29, 0.717) is 0 Å². The third-order valence-electron chi connectivity index (χ3n) is 11.8. The van der Waals surface area contributed by atoms with Crippen molar-refractivity contribution < 1.29 is 0 Å². The Labute approximate surface area is 277 Å². The van der Waals surface area contributed by atoms with Gasteiger partial charge in [-0.2, -0.15) is 0 Å². The zero-order valence-electron chi connectivity index (χ0n) is 28.6. The van der Waals surface area contributed by atoms with E-state index in [9.17, 15) is 0 Å². The topological polar surface area (TPSA) is 51.0 Å². The van der Waals surface area contributed by atoms with Crippen LogP contribution >= 0.6 is 0 Å². The van der Waals surface area contributed by atoms with Gasteiger partial charge in [-0.25, -0.2) is 9.97 Å². The lowest BCUT2D eigenvalue weighted by molar-refractivity contribution is 0.609. The maximum atomic E-state index is 5.32. The van der Waals surface area contributed by atoms with Gasteiger partial charge in [-0.3, -0.25) is 9.98 Å². The smallest absolute Gasteiger partial charge is 0.0937 e. The second kappa shape index (κ2) is 9.22. The molecular formula is C43H40N4. The molecule has 0 atom stereocenters. The Morgan fingerprint density at radius 1 is 0.553 bits per heavy atom. The monoisotopic (exact) mass is 612 g/mol. The standard InChI is InChI=1S/C43H40N4/c1-23-19-27-28-20-24(2)26(36-16-14-32-40(47-36)38-30(42(32,5)6)12-10-18-45-38)22-34(28)43(7,8)33(27)21-25(23)35-15-13-31-39(46-35)37-29(41(31,3)4)11-9-17-44-37/h9,11,13-22H,10,12H2,1-8H3. The van der Waals surface area contributed by atoms with E-state index in [-0.39, 0.29) is 16.2 Å². The number of aliphatic imine (C=N–C) groups is 1. The van der Waals surface area contributed by atoms with Gasteiger partial charge in [-0.1, -0.05) is 71.9 Å². The van der Waals surface area contributed by atoms with Crippen LogP contribution in [0.2, 0.25) is 0 Å². The number of benzene rings is 2. The molecule has 3 aromatic heterocycles. The number of nitrogens with zero attached hydrogens (tertiary/aromatic N) is 4. The first-order valence-electron chi connectivity index (χ1n) is 17.0. The molecular weight excluding hydrogens is 573 g/mol. The Balaban J connectivity index is 1.15. The molecule has 0 unspecified atom stereocenters. The molecule has 4 nitrogen and oxygen atoms in total. The highest BCUT2D eigenvalue weighted by Gasteiger charge is 2.41. The van der Waals surface area contributed by atoms with Crippen molar-refractivity contribution in [3.63, 3.8) is 0 Å². The van der Waals surface area contributed by atoms with Crippen molar-refractivity contribution >= 4 is 11.9 Å². The number of aromatic nitrogens is 3. The molecule has 3 aliphatic carbocycles. The van der Waals surface area contributed by atoms with E-state index in [1.54, 1.807) is 0 Å². The molecule has 4 aliphatic rings. The lowest BCUT2D eigenvalue weighted by Crippen LogP contribution is -2.18. The summed E-state index contributed by atoms with van der Waals surface area (Å²) in [5.74, 6) is 0. The average Bonchev–Trinajstić information content (AvgIpc) is 3.52. The van der Waals surface area contributed by atoms with Gasteiger partial charge in [0.15, 0.2) is 0 Å². The minimum Gasteiger partial charge on any atom is -0.259 e. The van der Waals surface area contributed by atoms with Crippen molar-refractivity contribution in [3.05, 3.63) is 117 Å². The molecule has 47 heavy (non-hydrogen) atoms. The molecule has 0 spiro atoms. The number of hydrogen-bond donors (Lipinski definition) is 0. The van der Waals surface area contributed by atoms with Crippen molar-refractivity contribution in [2.75, 3.05) is 0 Å². The Morgan fingerprint density at radius 3 is 1.74 bits per heavy atom. The fourth-order valence-electron chi connectivity index (χ4n) is 8.96. The van der Waals surface area contributed by atoms with Crippen molar-refractivity contribution in [1.82, 2.24) is 15.0 Å². The number of hydrogen-bond acceptors (Lipinski definition) is 4. The van der Waals surface area contributed by atoms with Crippen LogP contribution in [-0.2, 0) is 16.2 Å². The summed E-state index contributed by atoms with van der Waals surface area (Å²) >= 11 is 0. The highest BCUT2D eigenvalue weighted by Crippen LogP contribution is 2.54. The molecule has 4 heterocycles. The van der Waals surface area contributed by atoms with Crippen LogP contribution in [0.25, 0.3) is 50.7 Å². The summed E-state index contributed by atoms with van der Waals surface area (Å²) in [7, 11) is 0. The van der Waals surface area contributed by atoms with E-state index in [0.717, 1.165) is 47.0 Å². The van der Waals surface area contributed by atoms with Crippen LogP contribution in [0.4, 0.5) is 0 Å². The zero-order chi connectivity index (χ0) is 32.6.